The standard InChI is InChI=1S/C8H7BrN2/c1-6-4-8-3-2-7(9)5-11(8)10-6/h2-5H,1H3. The minimum absolute atomic E-state index is 1.04. The number of aryl methyl sites for hydroxylation is 1. The average Bonchev–Trinajstić information content (AvgIpc) is 2.27. The van der Waals surface area contributed by atoms with Crippen LogP contribution in [0.5, 0.6) is 0 Å². The van der Waals surface area contributed by atoms with Crippen molar-refractivity contribution in [1.82, 2.24) is 9.61 Å². The van der Waals surface area contributed by atoms with Crippen molar-refractivity contribution in [1.29, 1.82) is 0 Å². The number of nitrogens with zero attached hydrogens (tertiary/aromatic N) is 2. The molecule has 0 unspecified atom stereocenters. The van der Waals surface area contributed by atoms with Gasteiger partial charge in [0.1, 0.15) is 0 Å². The van der Waals surface area contributed by atoms with Crippen molar-refractivity contribution in [3.8, 4) is 0 Å². The second kappa shape index (κ2) is 2.34. The molecule has 0 N–H and O–H groups in total. The fourth-order valence-electron chi connectivity index (χ4n) is 1.09. The lowest BCUT2D eigenvalue weighted by Gasteiger charge is -1.91. The molecule has 11 heavy (non-hydrogen) atoms. The van der Waals surface area contributed by atoms with Gasteiger partial charge in [0.2, 0.25) is 0 Å². The fourth-order valence-corrected chi connectivity index (χ4v) is 1.42. The summed E-state index contributed by atoms with van der Waals surface area (Å²) in [6, 6.07) is 6.09. The van der Waals surface area contributed by atoms with Crippen LogP contribution in [0.15, 0.2) is 28.9 Å². The van der Waals surface area contributed by atoms with E-state index in [-0.39, 0.29) is 0 Å². The van der Waals surface area contributed by atoms with Crippen LogP contribution in [-0.2, 0) is 0 Å². The minimum atomic E-state index is 1.04. The van der Waals surface area contributed by atoms with E-state index in [4.69, 9.17) is 0 Å². The third-order valence-electron chi connectivity index (χ3n) is 1.55. The van der Waals surface area contributed by atoms with Crippen LogP contribution in [0.4, 0.5) is 0 Å². The van der Waals surface area contributed by atoms with E-state index in [2.05, 4.69) is 21.0 Å². The molecule has 2 heterocycles. The summed E-state index contributed by atoms with van der Waals surface area (Å²) in [5.74, 6) is 0. The van der Waals surface area contributed by atoms with Crippen molar-refractivity contribution in [2.45, 2.75) is 6.92 Å². The lowest BCUT2D eigenvalue weighted by atomic mass is 10.4. The Labute approximate surface area is 73.0 Å². The van der Waals surface area contributed by atoms with E-state index >= 15 is 0 Å². The van der Waals surface area contributed by atoms with Crippen molar-refractivity contribution in [2.24, 2.45) is 0 Å². The molecule has 0 atom stereocenters. The van der Waals surface area contributed by atoms with Crippen LogP contribution in [0, 0.1) is 6.92 Å². The third kappa shape index (κ3) is 1.16. The lowest BCUT2D eigenvalue weighted by molar-refractivity contribution is 0.930. The zero-order valence-electron chi connectivity index (χ0n) is 6.08. The van der Waals surface area contributed by atoms with Gasteiger partial charge in [-0.25, -0.2) is 4.52 Å². The van der Waals surface area contributed by atoms with Crippen LogP contribution in [0.25, 0.3) is 5.52 Å². The van der Waals surface area contributed by atoms with Crippen LogP contribution in [0.2, 0.25) is 0 Å². The van der Waals surface area contributed by atoms with Gasteiger partial charge < -0.3 is 0 Å². The number of pyridine rings is 1. The molecule has 0 aromatic carbocycles. The Balaban J connectivity index is 2.82. The number of aromatic nitrogens is 2. The van der Waals surface area contributed by atoms with E-state index in [1.165, 1.54) is 0 Å². The first-order valence-electron chi connectivity index (χ1n) is 3.37. The Bertz CT molecular complexity index is 392. The van der Waals surface area contributed by atoms with Crippen LogP contribution < -0.4 is 0 Å². The topological polar surface area (TPSA) is 17.3 Å². The quantitative estimate of drug-likeness (QED) is 0.653. The van der Waals surface area contributed by atoms with Gasteiger partial charge in [0.25, 0.3) is 0 Å². The Kier molecular flexibility index (Phi) is 1.46. The molecule has 2 aromatic heterocycles. The molecule has 0 saturated heterocycles. The van der Waals surface area contributed by atoms with Gasteiger partial charge >= 0.3 is 0 Å². The Hall–Kier alpha value is -0.830. The molecule has 3 heteroatoms. The summed E-state index contributed by atoms with van der Waals surface area (Å²) >= 11 is 3.38. The summed E-state index contributed by atoms with van der Waals surface area (Å²) in [7, 11) is 0. The molecule has 0 fully saturated rings. The molecule has 2 nitrogen and oxygen atoms in total. The van der Waals surface area contributed by atoms with Crippen molar-refractivity contribution < 1.29 is 0 Å². The van der Waals surface area contributed by atoms with E-state index in [9.17, 15) is 0 Å². The lowest BCUT2D eigenvalue weighted by Crippen LogP contribution is -1.85. The smallest absolute Gasteiger partial charge is 0.0665 e. The fraction of sp³-hybridized carbons (Fsp3) is 0.125. The van der Waals surface area contributed by atoms with Crippen LogP contribution in [-0.4, -0.2) is 9.61 Å². The molecule has 0 bridgehead atoms. The van der Waals surface area contributed by atoms with Gasteiger partial charge in [-0.3, -0.25) is 0 Å². The first-order valence-corrected chi connectivity index (χ1v) is 4.16. The predicted molar refractivity (Wildman–Crippen MR) is 47.6 cm³/mol. The van der Waals surface area contributed by atoms with Gasteiger partial charge in [-0.1, -0.05) is 0 Å². The monoisotopic (exact) mass is 210 g/mol. The molecular formula is C8H7BrN2. The molecule has 0 aliphatic carbocycles. The summed E-state index contributed by atoms with van der Waals surface area (Å²) < 4.78 is 2.91. The highest BCUT2D eigenvalue weighted by molar-refractivity contribution is 9.10. The van der Waals surface area contributed by atoms with Crippen LogP contribution >= 0.6 is 15.9 Å². The van der Waals surface area contributed by atoms with Gasteiger partial charge in [0, 0.05) is 10.7 Å². The van der Waals surface area contributed by atoms with Gasteiger partial charge in [-0.05, 0) is 41.1 Å². The summed E-state index contributed by atoms with van der Waals surface area (Å²) in [6.45, 7) is 1.99. The van der Waals surface area contributed by atoms with E-state index in [0.717, 1.165) is 15.7 Å². The molecule has 0 amide bonds. The first-order chi connectivity index (χ1) is 5.25. The highest BCUT2D eigenvalue weighted by atomic mass is 79.9. The van der Waals surface area contributed by atoms with E-state index in [1.807, 2.05) is 35.8 Å². The van der Waals surface area contributed by atoms with E-state index in [0.29, 0.717) is 0 Å². The maximum atomic E-state index is 4.26. The Morgan fingerprint density at radius 2 is 2.27 bits per heavy atom. The van der Waals surface area contributed by atoms with Crippen LogP contribution in [0.3, 0.4) is 0 Å². The van der Waals surface area contributed by atoms with Gasteiger partial charge in [-0.15, -0.1) is 0 Å². The molecule has 0 aliphatic rings. The first kappa shape index (κ1) is 6.85. The summed E-state index contributed by atoms with van der Waals surface area (Å²) in [5.41, 5.74) is 2.17. The Morgan fingerprint density at radius 1 is 1.45 bits per heavy atom. The number of hydrogen-bond acceptors (Lipinski definition) is 1. The molecule has 0 saturated carbocycles. The molecular weight excluding hydrogens is 204 g/mol. The van der Waals surface area contributed by atoms with Crippen LogP contribution in [0.1, 0.15) is 5.69 Å². The van der Waals surface area contributed by atoms with Crippen molar-refractivity contribution in [3.05, 3.63) is 34.6 Å². The number of rotatable bonds is 0. The van der Waals surface area contributed by atoms with Crippen molar-refractivity contribution >= 4 is 21.4 Å². The number of hydrogen-bond donors (Lipinski definition) is 0. The number of fused-ring (bicyclic) bond motifs is 1. The number of halogens is 1. The molecule has 2 aromatic rings. The summed E-state index contributed by atoms with van der Waals surface area (Å²) in [4.78, 5) is 0. The third-order valence-corrected chi connectivity index (χ3v) is 2.01. The van der Waals surface area contributed by atoms with Gasteiger partial charge in [0.15, 0.2) is 0 Å². The SMILES string of the molecule is Cc1cc2ccc(Br)cn2n1. The van der Waals surface area contributed by atoms with Gasteiger partial charge in [-0.2, -0.15) is 5.10 Å². The molecule has 0 aliphatic heterocycles. The van der Waals surface area contributed by atoms with Gasteiger partial charge in [0.05, 0.1) is 11.2 Å². The van der Waals surface area contributed by atoms with Crippen molar-refractivity contribution in [2.75, 3.05) is 0 Å². The zero-order valence-corrected chi connectivity index (χ0v) is 7.67. The highest BCUT2D eigenvalue weighted by Crippen LogP contribution is 2.12. The molecule has 2 rings (SSSR count). The van der Waals surface area contributed by atoms with E-state index < -0.39 is 0 Å². The predicted octanol–water partition coefficient (Wildman–Crippen LogP) is 2.41. The second-order valence-electron chi connectivity index (χ2n) is 2.50. The highest BCUT2D eigenvalue weighted by Gasteiger charge is 1.95. The molecule has 0 spiro atoms. The van der Waals surface area contributed by atoms with Crippen molar-refractivity contribution in [3.63, 3.8) is 0 Å². The molecule has 56 valence electrons. The summed E-state index contributed by atoms with van der Waals surface area (Å²) in [5, 5.41) is 4.26. The Morgan fingerprint density at radius 3 is 3.09 bits per heavy atom. The minimum Gasteiger partial charge on any atom is -0.240 e. The maximum absolute atomic E-state index is 4.26. The maximum Gasteiger partial charge on any atom is 0.0665 e. The normalized spacial score (nSPS) is 10.7. The summed E-state index contributed by atoms with van der Waals surface area (Å²) in [6.07, 6.45) is 1.95. The van der Waals surface area contributed by atoms with E-state index in [1.54, 1.807) is 0 Å². The average molecular weight is 211 g/mol. The molecule has 0 radical (unpaired) electrons. The zero-order chi connectivity index (χ0) is 7.84. The largest absolute Gasteiger partial charge is 0.240 e. The second-order valence-corrected chi connectivity index (χ2v) is 3.42.